The highest BCUT2D eigenvalue weighted by Gasteiger charge is 2.33. The highest BCUT2D eigenvalue weighted by molar-refractivity contribution is 5.89. The number of esters is 1. The van der Waals surface area contributed by atoms with Gasteiger partial charge in [0.1, 0.15) is 0 Å². The first-order chi connectivity index (χ1) is 10.4. The van der Waals surface area contributed by atoms with Crippen LogP contribution >= 0.6 is 0 Å². The van der Waals surface area contributed by atoms with Crippen LogP contribution < -0.4 is 0 Å². The van der Waals surface area contributed by atoms with Crippen molar-refractivity contribution in [1.82, 2.24) is 9.78 Å². The number of nitrogens with zero attached hydrogens (tertiary/aromatic N) is 2. The summed E-state index contributed by atoms with van der Waals surface area (Å²) in [7, 11) is 0. The number of rotatable bonds is 4. The van der Waals surface area contributed by atoms with Gasteiger partial charge in [-0.15, -0.1) is 0 Å². The number of halogens is 3. The van der Waals surface area contributed by atoms with Crippen LogP contribution in [0.4, 0.5) is 13.2 Å². The third-order valence-corrected chi connectivity index (χ3v) is 3.39. The van der Waals surface area contributed by atoms with Crippen molar-refractivity contribution in [2.45, 2.75) is 19.0 Å². The van der Waals surface area contributed by atoms with Crippen LogP contribution in [0.5, 0.6) is 0 Å². The highest BCUT2D eigenvalue weighted by atomic mass is 19.4. The second-order valence-electron chi connectivity index (χ2n) is 5.23. The first-order valence-corrected chi connectivity index (χ1v) is 6.84. The second kappa shape index (κ2) is 5.47. The van der Waals surface area contributed by atoms with Crippen molar-refractivity contribution in [2.24, 2.45) is 5.92 Å². The van der Waals surface area contributed by atoms with Crippen LogP contribution in [0.15, 0.2) is 36.5 Å². The maximum atomic E-state index is 12.5. The van der Waals surface area contributed by atoms with E-state index in [4.69, 9.17) is 4.74 Å². The molecule has 0 saturated heterocycles. The SMILES string of the molecule is O=C(OCC1CC1)c1ccc(-n2ccc(C(F)(F)F)n2)cc1. The molecule has 4 nitrogen and oxygen atoms in total. The van der Waals surface area contributed by atoms with E-state index in [9.17, 15) is 18.0 Å². The standard InChI is InChI=1S/C15H13F3N2O2/c16-15(17,18)13-7-8-20(19-13)12-5-3-11(4-6-12)14(21)22-9-10-1-2-10/h3-8,10H,1-2,9H2. The zero-order chi connectivity index (χ0) is 15.7. The minimum absolute atomic E-state index is 0.368. The molecule has 1 heterocycles. The third kappa shape index (κ3) is 3.29. The fraction of sp³-hybridized carbons (Fsp3) is 0.333. The van der Waals surface area contributed by atoms with E-state index in [1.54, 1.807) is 0 Å². The zero-order valence-electron chi connectivity index (χ0n) is 11.5. The van der Waals surface area contributed by atoms with Crippen molar-refractivity contribution in [3.63, 3.8) is 0 Å². The Bertz CT molecular complexity index is 673. The van der Waals surface area contributed by atoms with Gasteiger partial charge in [0.25, 0.3) is 0 Å². The van der Waals surface area contributed by atoms with E-state index in [1.165, 1.54) is 30.5 Å². The fourth-order valence-electron chi connectivity index (χ4n) is 1.93. The number of carbonyl (C=O) groups excluding carboxylic acids is 1. The molecule has 3 rings (SSSR count). The number of aromatic nitrogens is 2. The average molecular weight is 310 g/mol. The van der Waals surface area contributed by atoms with Gasteiger partial charge in [0.2, 0.25) is 0 Å². The highest BCUT2D eigenvalue weighted by Crippen LogP contribution is 2.29. The number of alkyl halides is 3. The van der Waals surface area contributed by atoms with Crippen molar-refractivity contribution in [2.75, 3.05) is 6.61 Å². The Kier molecular flexibility index (Phi) is 3.64. The number of benzene rings is 1. The normalized spacial score (nSPS) is 14.9. The van der Waals surface area contributed by atoms with Crippen molar-refractivity contribution in [1.29, 1.82) is 0 Å². The van der Waals surface area contributed by atoms with Crippen LogP contribution in [0.3, 0.4) is 0 Å². The molecule has 0 N–H and O–H groups in total. The van der Waals surface area contributed by atoms with Gasteiger partial charge in [-0.3, -0.25) is 0 Å². The number of carbonyl (C=O) groups is 1. The Morgan fingerprint density at radius 3 is 2.45 bits per heavy atom. The minimum atomic E-state index is -4.47. The minimum Gasteiger partial charge on any atom is -0.462 e. The molecule has 22 heavy (non-hydrogen) atoms. The molecule has 2 aromatic rings. The number of ether oxygens (including phenoxy) is 1. The van der Waals surface area contributed by atoms with Crippen LogP contribution in [-0.2, 0) is 10.9 Å². The first-order valence-electron chi connectivity index (χ1n) is 6.84. The number of hydrogen-bond donors (Lipinski definition) is 0. The molecule has 1 aromatic carbocycles. The average Bonchev–Trinajstić information content (AvgIpc) is 3.17. The van der Waals surface area contributed by atoms with Gasteiger partial charge in [0.05, 0.1) is 17.9 Å². The van der Waals surface area contributed by atoms with E-state index >= 15 is 0 Å². The Morgan fingerprint density at radius 2 is 1.91 bits per heavy atom. The lowest BCUT2D eigenvalue weighted by molar-refractivity contribution is -0.141. The van der Waals surface area contributed by atoms with Crippen LogP contribution in [0.1, 0.15) is 28.9 Å². The van der Waals surface area contributed by atoms with Crippen molar-refractivity contribution in [3.05, 3.63) is 47.8 Å². The molecule has 1 aliphatic carbocycles. The molecule has 0 atom stereocenters. The topological polar surface area (TPSA) is 44.1 Å². The molecule has 1 saturated carbocycles. The summed E-state index contributed by atoms with van der Waals surface area (Å²) in [6.07, 6.45) is -1.07. The molecule has 0 bridgehead atoms. The van der Waals surface area contributed by atoms with Crippen LogP contribution in [0.25, 0.3) is 5.69 Å². The Hall–Kier alpha value is -2.31. The van der Waals surface area contributed by atoms with Crippen LogP contribution in [0, 0.1) is 5.92 Å². The molecule has 0 amide bonds. The summed E-state index contributed by atoms with van der Waals surface area (Å²) >= 11 is 0. The molecule has 0 spiro atoms. The summed E-state index contributed by atoms with van der Waals surface area (Å²) in [4.78, 5) is 11.8. The Balaban J connectivity index is 1.70. The lowest BCUT2D eigenvalue weighted by Gasteiger charge is -2.06. The zero-order valence-corrected chi connectivity index (χ0v) is 11.5. The van der Waals surface area contributed by atoms with Gasteiger partial charge in [-0.2, -0.15) is 18.3 Å². The summed E-state index contributed by atoms with van der Waals surface area (Å²) in [5.74, 6) is 0.0583. The molecule has 0 radical (unpaired) electrons. The maximum Gasteiger partial charge on any atom is 0.435 e. The molecular formula is C15H13F3N2O2. The first kappa shape index (κ1) is 14.6. The van der Waals surface area contributed by atoms with Crippen molar-refractivity contribution >= 4 is 5.97 Å². The van der Waals surface area contributed by atoms with E-state index in [0.717, 1.165) is 23.6 Å². The van der Waals surface area contributed by atoms with Gasteiger partial charge in [-0.1, -0.05) is 0 Å². The van der Waals surface area contributed by atoms with Gasteiger partial charge in [-0.25, -0.2) is 9.48 Å². The van der Waals surface area contributed by atoms with E-state index in [-0.39, 0.29) is 0 Å². The molecule has 7 heteroatoms. The van der Waals surface area contributed by atoms with Gasteiger partial charge >= 0.3 is 12.1 Å². The smallest absolute Gasteiger partial charge is 0.435 e. The van der Waals surface area contributed by atoms with E-state index in [1.807, 2.05) is 0 Å². The summed E-state index contributed by atoms with van der Waals surface area (Å²) < 4.78 is 43.8. The predicted molar refractivity (Wildman–Crippen MR) is 71.6 cm³/mol. The largest absolute Gasteiger partial charge is 0.462 e. The van der Waals surface area contributed by atoms with E-state index < -0.39 is 17.8 Å². The summed E-state index contributed by atoms with van der Waals surface area (Å²) in [5, 5.41) is 3.47. The van der Waals surface area contributed by atoms with Gasteiger partial charge in [-0.05, 0) is 49.1 Å². The number of hydrogen-bond acceptors (Lipinski definition) is 3. The maximum absolute atomic E-state index is 12.5. The fourth-order valence-corrected chi connectivity index (χ4v) is 1.93. The van der Waals surface area contributed by atoms with Gasteiger partial charge in [0, 0.05) is 6.20 Å². The second-order valence-corrected chi connectivity index (χ2v) is 5.23. The lowest BCUT2D eigenvalue weighted by Crippen LogP contribution is -2.08. The molecule has 0 unspecified atom stereocenters. The molecule has 1 fully saturated rings. The van der Waals surface area contributed by atoms with E-state index in [2.05, 4.69) is 5.10 Å². The molecule has 0 aliphatic heterocycles. The predicted octanol–water partition coefficient (Wildman–Crippen LogP) is 3.46. The molecule has 1 aromatic heterocycles. The molecular weight excluding hydrogens is 297 g/mol. The lowest BCUT2D eigenvalue weighted by atomic mass is 10.2. The van der Waals surface area contributed by atoms with Crippen LogP contribution in [-0.4, -0.2) is 22.4 Å². The Labute approximate surface area is 124 Å². The summed E-state index contributed by atoms with van der Waals surface area (Å²) in [6.45, 7) is 0.425. The third-order valence-electron chi connectivity index (χ3n) is 3.39. The van der Waals surface area contributed by atoms with Crippen molar-refractivity contribution < 1.29 is 22.7 Å². The Morgan fingerprint density at radius 1 is 1.23 bits per heavy atom. The summed E-state index contributed by atoms with van der Waals surface area (Å²) in [6, 6.07) is 6.98. The van der Waals surface area contributed by atoms with Crippen LogP contribution in [0.2, 0.25) is 0 Å². The van der Waals surface area contributed by atoms with E-state index in [0.29, 0.717) is 23.8 Å². The van der Waals surface area contributed by atoms with Gasteiger partial charge < -0.3 is 4.74 Å². The molecule has 116 valence electrons. The summed E-state index contributed by atoms with van der Waals surface area (Å²) in [5.41, 5.74) is -0.151. The van der Waals surface area contributed by atoms with Crippen molar-refractivity contribution in [3.8, 4) is 5.69 Å². The quantitative estimate of drug-likeness (QED) is 0.812. The van der Waals surface area contributed by atoms with Gasteiger partial charge in [0.15, 0.2) is 5.69 Å². The monoisotopic (exact) mass is 310 g/mol. The molecule has 1 aliphatic rings.